The summed E-state index contributed by atoms with van der Waals surface area (Å²) in [5.41, 5.74) is 2.70. The molecule has 1 aromatic rings. The Balaban J connectivity index is 2.64. The van der Waals surface area contributed by atoms with Gasteiger partial charge in [-0.05, 0) is 30.5 Å². The van der Waals surface area contributed by atoms with Gasteiger partial charge in [0.1, 0.15) is 6.07 Å². The molecule has 3 heteroatoms. The maximum atomic E-state index is 9.00. The summed E-state index contributed by atoms with van der Waals surface area (Å²) in [5.74, 6) is 0.429. The molecule has 0 aliphatic carbocycles. The molecule has 0 aromatic heterocycles. The molecule has 86 valence electrons. The van der Waals surface area contributed by atoms with Gasteiger partial charge in [0.25, 0.3) is 0 Å². The third-order valence-electron chi connectivity index (χ3n) is 2.39. The summed E-state index contributed by atoms with van der Waals surface area (Å²) in [7, 11) is 1.70. The number of rotatable bonds is 5. The van der Waals surface area contributed by atoms with E-state index in [1.807, 2.05) is 25.1 Å². The fraction of sp³-hybridized carbons (Fsp3) is 0.462. The van der Waals surface area contributed by atoms with E-state index < -0.39 is 0 Å². The van der Waals surface area contributed by atoms with Gasteiger partial charge in [0.15, 0.2) is 0 Å². The second kappa shape index (κ2) is 6.14. The maximum absolute atomic E-state index is 9.00. The first-order chi connectivity index (χ1) is 7.67. The fourth-order valence-electron chi connectivity index (χ4n) is 1.53. The first kappa shape index (κ1) is 12.5. The zero-order valence-corrected chi connectivity index (χ0v) is 10.1. The minimum Gasteiger partial charge on any atom is -0.384 e. The summed E-state index contributed by atoms with van der Waals surface area (Å²) in [6.07, 6.45) is 0. The average Bonchev–Trinajstić information content (AvgIpc) is 2.27. The van der Waals surface area contributed by atoms with Crippen molar-refractivity contribution in [2.75, 3.05) is 25.6 Å². The molecule has 0 aliphatic heterocycles. The highest BCUT2D eigenvalue weighted by molar-refractivity contribution is 5.58. The lowest BCUT2D eigenvalue weighted by Gasteiger charge is -2.13. The van der Waals surface area contributed by atoms with Crippen LogP contribution in [0.1, 0.15) is 18.1 Å². The zero-order chi connectivity index (χ0) is 12.0. The Morgan fingerprint density at radius 3 is 2.88 bits per heavy atom. The predicted octanol–water partition coefficient (Wildman–Crippen LogP) is 2.56. The Bertz CT molecular complexity index is 382. The van der Waals surface area contributed by atoms with Crippen molar-refractivity contribution in [1.29, 1.82) is 5.26 Å². The molecule has 0 aliphatic rings. The van der Waals surface area contributed by atoms with Gasteiger partial charge in [-0.15, -0.1) is 0 Å². The van der Waals surface area contributed by atoms with Gasteiger partial charge in [-0.1, -0.05) is 13.0 Å². The van der Waals surface area contributed by atoms with Gasteiger partial charge in [-0.2, -0.15) is 5.26 Å². The van der Waals surface area contributed by atoms with E-state index in [0.29, 0.717) is 11.5 Å². The molecule has 0 radical (unpaired) electrons. The molecule has 1 unspecified atom stereocenters. The third kappa shape index (κ3) is 3.56. The van der Waals surface area contributed by atoms with Crippen molar-refractivity contribution in [3.63, 3.8) is 0 Å². The van der Waals surface area contributed by atoms with Gasteiger partial charge in [-0.25, -0.2) is 0 Å². The lowest BCUT2D eigenvalue weighted by atomic mass is 10.1. The van der Waals surface area contributed by atoms with Gasteiger partial charge in [0.2, 0.25) is 0 Å². The Hall–Kier alpha value is -1.53. The Morgan fingerprint density at radius 2 is 2.25 bits per heavy atom. The molecule has 0 heterocycles. The molecule has 0 bridgehead atoms. The molecule has 16 heavy (non-hydrogen) atoms. The normalized spacial score (nSPS) is 11.9. The lowest BCUT2D eigenvalue weighted by molar-refractivity contribution is 0.164. The van der Waals surface area contributed by atoms with Crippen molar-refractivity contribution in [2.24, 2.45) is 5.92 Å². The van der Waals surface area contributed by atoms with Crippen LogP contribution in [0, 0.1) is 24.2 Å². The predicted molar refractivity (Wildman–Crippen MR) is 65.4 cm³/mol. The van der Waals surface area contributed by atoms with Crippen LogP contribution in [-0.2, 0) is 4.74 Å². The SMILES string of the molecule is COCC(C)CNc1ccc(C)cc1C#N. The quantitative estimate of drug-likeness (QED) is 0.826. The summed E-state index contributed by atoms with van der Waals surface area (Å²) in [4.78, 5) is 0. The maximum Gasteiger partial charge on any atom is 0.101 e. The Labute approximate surface area is 97.0 Å². The Morgan fingerprint density at radius 1 is 1.50 bits per heavy atom. The van der Waals surface area contributed by atoms with Crippen LogP contribution in [0.4, 0.5) is 5.69 Å². The van der Waals surface area contributed by atoms with Gasteiger partial charge >= 0.3 is 0 Å². The fourth-order valence-corrected chi connectivity index (χ4v) is 1.53. The topological polar surface area (TPSA) is 45.0 Å². The van der Waals surface area contributed by atoms with Crippen molar-refractivity contribution in [3.8, 4) is 6.07 Å². The highest BCUT2D eigenvalue weighted by atomic mass is 16.5. The highest BCUT2D eigenvalue weighted by Crippen LogP contribution is 2.16. The minimum absolute atomic E-state index is 0.429. The number of methoxy groups -OCH3 is 1. The summed E-state index contributed by atoms with van der Waals surface area (Å²) < 4.78 is 5.06. The smallest absolute Gasteiger partial charge is 0.101 e. The number of aryl methyl sites for hydroxylation is 1. The van der Waals surface area contributed by atoms with E-state index in [-0.39, 0.29) is 0 Å². The molecule has 0 spiro atoms. The highest BCUT2D eigenvalue weighted by Gasteiger charge is 2.04. The van der Waals surface area contributed by atoms with Crippen LogP contribution in [0.25, 0.3) is 0 Å². The van der Waals surface area contributed by atoms with Crippen molar-refractivity contribution in [2.45, 2.75) is 13.8 Å². The zero-order valence-electron chi connectivity index (χ0n) is 10.1. The molecule has 0 saturated heterocycles. The monoisotopic (exact) mass is 218 g/mol. The van der Waals surface area contributed by atoms with E-state index >= 15 is 0 Å². The molecule has 1 rings (SSSR count). The molecule has 1 aromatic carbocycles. The first-order valence-electron chi connectivity index (χ1n) is 5.41. The van der Waals surface area contributed by atoms with Crippen LogP contribution in [0.3, 0.4) is 0 Å². The van der Waals surface area contributed by atoms with E-state index in [1.165, 1.54) is 0 Å². The molecular formula is C13H18N2O. The second-order valence-corrected chi connectivity index (χ2v) is 4.10. The van der Waals surface area contributed by atoms with Gasteiger partial charge in [-0.3, -0.25) is 0 Å². The van der Waals surface area contributed by atoms with Crippen molar-refractivity contribution in [3.05, 3.63) is 29.3 Å². The number of hydrogen-bond acceptors (Lipinski definition) is 3. The minimum atomic E-state index is 0.429. The van der Waals surface area contributed by atoms with E-state index in [9.17, 15) is 0 Å². The molecule has 0 fully saturated rings. The van der Waals surface area contributed by atoms with Crippen molar-refractivity contribution < 1.29 is 4.74 Å². The van der Waals surface area contributed by atoms with Crippen molar-refractivity contribution >= 4 is 5.69 Å². The molecule has 1 atom stereocenters. The summed E-state index contributed by atoms with van der Waals surface area (Å²) in [6.45, 7) is 5.63. The van der Waals surface area contributed by atoms with E-state index in [2.05, 4.69) is 18.3 Å². The standard InChI is InChI=1S/C13H18N2O/c1-10-4-5-13(12(6-10)7-14)15-8-11(2)9-16-3/h4-6,11,15H,8-9H2,1-3H3. The lowest BCUT2D eigenvalue weighted by Crippen LogP contribution is -2.16. The third-order valence-corrected chi connectivity index (χ3v) is 2.39. The number of nitriles is 1. The van der Waals surface area contributed by atoms with Crippen molar-refractivity contribution in [1.82, 2.24) is 0 Å². The largest absolute Gasteiger partial charge is 0.384 e. The molecule has 1 N–H and O–H groups in total. The van der Waals surface area contributed by atoms with Crippen LogP contribution in [0.2, 0.25) is 0 Å². The molecule has 0 amide bonds. The van der Waals surface area contributed by atoms with E-state index in [0.717, 1.165) is 24.4 Å². The number of hydrogen-bond donors (Lipinski definition) is 1. The number of nitrogens with one attached hydrogen (secondary N) is 1. The average molecular weight is 218 g/mol. The summed E-state index contributed by atoms with van der Waals surface area (Å²) in [6, 6.07) is 8.05. The molecule has 0 saturated carbocycles. The van der Waals surface area contributed by atoms with E-state index in [4.69, 9.17) is 10.00 Å². The van der Waals surface area contributed by atoms with Gasteiger partial charge < -0.3 is 10.1 Å². The van der Waals surface area contributed by atoms with Crippen LogP contribution in [0.15, 0.2) is 18.2 Å². The molecular weight excluding hydrogens is 200 g/mol. The Kier molecular flexibility index (Phi) is 4.81. The van der Waals surface area contributed by atoms with Gasteiger partial charge in [0, 0.05) is 13.7 Å². The van der Waals surface area contributed by atoms with Crippen LogP contribution < -0.4 is 5.32 Å². The number of nitrogens with zero attached hydrogens (tertiary/aromatic N) is 1. The van der Waals surface area contributed by atoms with Crippen LogP contribution in [-0.4, -0.2) is 20.3 Å². The van der Waals surface area contributed by atoms with Gasteiger partial charge in [0.05, 0.1) is 17.9 Å². The first-order valence-corrected chi connectivity index (χ1v) is 5.41. The number of anilines is 1. The number of ether oxygens (including phenoxy) is 1. The summed E-state index contributed by atoms with van der Waals surface area (Å²) >= 11 is 0. The number of benzene rings is 1. The van der Waals surface area contributed by atoms with Crippen LogP contribution >= 0.6 is 0 Å². The molecule has 3 nitrogen and oxygen atoms in total. The summed E-state index contributed by atoms with van der Waals surface area (Å²) in [5, 5.41) is 12.3. The van der Waals surface area contributed by atoms with Crippen LogP contribution in [0.5, 0.6) is 0 Å². The van der Waals surface area contributed by atoms with E-state index in [1.54, 1.807) is 7.11 Å². The second-order valence-electron chi connectivity index (χ2n) is 4.10.